The Hall–Kier alpha value is -1.62. The van der Waals surface area contributed by atoms with Crippen LogP contribution in [0.3, 0.4) is 0 Å². The summed E-state index contributed by atoms with van der Waals surface area (Å²) in [5.41, 5.74) is 0.457. The molecule has 5 nitrogen and oxygen atoms in total. The molecule has 0 saturated carbocycles. The number of aliphatic hydroxyl groups excluding tert-OH is 1. The summed E-state index contributed by atoms with van der Waals surface area (Å²) >= 11 is 0. The van der Waals surface area contributed by atoms with E-state index in [1.165, 1.54) is 19.9 Å². The van der Waals surface area contributed by atoms with Gasteiger partial charge in [0.15, 0.2) is 0 Å². The Morgan fingerprint density at radius 2 is 1.60 bits per heavy atom. The van der Waals surface area contributed by atoms with Crippen LogP contribution in [0.5, 0.6) is 0 Å². The predicted molar refractivity (Wildman–Crippen MR) is 55.5 cm³/mol. The highest BCUT2D eigenvalue weighted by Crippen LogP contribution is 1.93. The predicted octanol–water partition coefficient (Wildman–Crippen LogP) is 1.05. The highest BCUT2D eigenvalue weighted by atomic mass is 16.4. The Labute approximate surface area is 88.4 Å². The summed E-state index contributed by atoms with van der Waals surface area (Å²) in [6.45, 7) is 6.10. The fraction of sp³-hybridized carbons (Fsp3) is 0.400. The van der Waals surface area contributed by atoms with Crippen molar-refractivity contribution in [2.24, 2.45) is 0 Å². The van der Waals surface area contributed by atoms with Crippen molar-refractivity contribution in [2.75, 3.05) is 6.61 Å². The number of carboxylic acid groups (broad SMARTS) is 2. The molecule has 0 spiro atoms. The van der Waals surface area contributed by atoms with E-state index in [-0.39, 0.29) is 17.8 Å². The van der Waals surface area contributed by atoms with E-state index in [0.717, 1.165) is 0 Å². The molecule has 0 atom stereocenters. The van der Waals surface area contributed by atoms with Gasteiger partial charge in [-0.15, -0.1) is 0 Å². The molecule has 0 aromatic rings. The lowest BCUT2D eigenvalue weighted by atomic mass is 10.2. The van der Waals surface area contributed by atoms with E-state index in [9.17, 15) is 9.59 Å². The molecule has 0 aliphatic heterocycles. The number of carbonyl (C=O) groups is 2. The van der Waals surface area contributed by atoms with Crippen LogP contribution in [0.1, 0.15) is 20.3 Å². The van der Waals surface area contributed by atoms with Gasteiger partial charge in [-0.05, 0) is 20.3 Å². The molecule has 5 heteroatoms. The second-order valence-electron chi connectivity index (χ2n) is 2.79. The van der Waals surface area contributed by atoms with E-state index in [4.69, 9.17) is 15.3 Å². The number of aliphatic carboxylic acids is 2. The lowest BCUT2D eigenvalue weighted by molar-refractivity contribution is -0.133. The lowest BCUT2D eigenvalue weighted by Crippen LogP contribution is -1.95. The third-order valence-corrected chi connectivity index (χ3v) is 1.28. The second kappa shape index (κ2) is 8.96. The Morgan fingerprint density at radius 3 is 1.80 bits per heavy atom. The minimum absolute atomic E-state index is 0.00458. The zero-order valence-electron chi connectivity index (χ0n) is 8.86. The molecule has 15 heavy (non-hydrogen) atoms. The zero-order chi connectivity index (χ0) is 12.4. The van der Waals surface area contributed by atoms with Crippen molar-refractivity contribution in [1.29, 1.82) is 0 Å². The van der Waals surface area contributed by atoms with Gasteiger partial charge >= 0.3 is 11.9 Å². The number of hydrogen-bond acceptors (Lipinski definition) is 3. The molecule has 0 unspecified atom stereocenters. The van der Waals surface area contributed by atoms with Gasteiger partial charge < -0.3 is 15.3 Å². The molecule has 0 heterocycles. The van der Waals surface area contributed by atoms with Crippen LogP contribution in [-0.2, 0) is 9.59 Å². The highest BCUT2D eigenvalue weighted by Gasteiger charge is 1.96. The van der Waals surface area contributed by atoms with Crippen LogP contribution in [0.2, 0.25) is 0 Å². The Bertz CT molecular complexity index is 253. The summed E-state index contributed by atoms with van der Waals surface area (Å²) in [4.78, 5) is 19.7. The van der Waals surface area contributed by atoms with Crippen molar-refractivity contribution in [1.82, 2.24) is 0 Å². The largest absolute Gasteiger partial charge is 0.478 e. The Morgan fingerprint density at radius 1 is 1.20 bits per heavy atom. The van der Waals surface area contributed by atoms with Gasteiger partial charge in [-0.1, -0.05) is 12.7 Å². The number of carboxylic acids is 2. The maximum Gasteiger partial charge on any atom is 0.330 e. The van der Waals surface area contributed by atoms with Crippen LogP contribution in [0, 0.1) is 0 Å². The van der Waals surface area contributed by atoms with E-state index in [1.807, 2.05) is 0 Å². The van der Waals surface area contributed by atoms with Crippen LogP contribution in [0.15, 0.2) is 23.8 Å². The SMILES string of the molecule is C=C(C)C(=O)O.CC(=CCCO)C(=O)O. The molecule has 0 aromatic heterocycles. The second-order valence-corrected chi connectivity index (χ2v) is 2.79. The van der Waals surface area contributed by atoms with E-state index in [0.29, 0.717) is 6.42 Å². The minimum atomic E-state index is -0.935. The molecule has 0 aliphatic carbocycles. The molecule has 0 bridgehead atoms. The van der Waals surface area contributed by atoms with Crippen molar-refractivity contribution in [2.45, 2.75) is 20.3 Å². The summed E-state index contributed by atoms with van der Waals surface area (Å²) in [6, 6.07) is 0. The van der Waals surface area contributed by atoms with Crippen LogP contribution in [0.4, 0.5) is 0 Å². The van der Waals surface area contributed by atoms with Gasteiger partial charge in [-0.25, -0.2) is 9.59 Å². The molecular weight excluding hydrogens is 200 g/mol. The summed E-state index contributed by atoms with van der Waals surface area (Å²) in [7, 11) is 0. The maximum absolute atomic E-state index is 10.1. The van der Waals surface area contributed by atoms with E-state index >= 15 is 0 Å². The normalized spacial score (nSPS) is 9.93. The van der Waals surface area contributed by atoms with Crippen molar-refractivity contribution in [3.63, 3.8) is 0 Å². The Kier molecular flexibility index (Phi) is 9.45. The van der Waals surface area contributed by atoms with Crippen LogP contribution < -0.4 is 0 Å². The molecule has 0 aromatic carbocycles. The first-order chi connectivity index (χ1) is 6.82. The molecular formula is C10H16O5. The van der Waals surface area contributed by atoms with Gasteiger partial charge in [-0.3, -0.25) is 0 Å². The van der Waals surface area contributed by atoms with Crippen LogP contribution >= 0.6 is 0 Å². The summed E-state index contributed by atoms with van der Waals surface area (Å²) in [6.07, 6.45) is 1.90. The summed E-state index contributed by atoms with van der Waals surface area (Å²) in [5.74, 6) is -1.86. The van der Waals surface area contributed by atoms with Crippen molar-refractivity contribution >= 4 is 11.9 Å². The Balaban J connectivity index is 0. The van der Waals surface area contributed by atoms with Gasteiger partial charge in [0.05, 0.1) is 0 Å². The molecule has 0 aliphatic rings. The van der Waals surface area contributed by atoms with Gasteiger partial charge in [-0.2, -0.15) is 0 Å². The van der Waals surface area contributed by atoms with E-state index < -0.39 is 11.9 Å². The summed E-state index contributed by atoms with van der Waals surface area (Å²) in [5, 5.41) is 24.4. The zero-order valence-corrected chi connectivity index (χ0v) is 8.86. The molecule has 0 rings (SSSR count). The molecule has 0 saturated heterocycles. The third kappa shape index (κ3) is 12.4. The minimum Gasteiger partial charge on any atom is -0.478 e. The fourth-order valence-corrected chi connectivity index (χ4v) is 0.368. The maximum atomic E-state index is 10.1. The first kappa shape index (κ1) is 15.8. The van der Waals surface area contributed by atoms with Gasteiger partial charge in [0, 0.05) is 17.8 Å². The average Bonchev–Trinajstić information content (AvgIpc) is 2.14. The molecule has 3 N–H and O–H groups in total. The highest BCUT2D eigenvalue weighted by molar-refractivity contribution is 5.85. The lowest BCUT2D eigenvalue weighted by Gasteiger charge is -1.89. The van der Waals surface area contributed by atoms with E-state index in [1.54, 1.807) is 0 Å². The van der Waals surface area contributed by atoms with Crippen molar-refractivity contribution < 1.29 is 24.9 Å². The van der Waals surface area contributed by atoms with Gasteiger partial charge in [0.2, 0.25) is 0 Å². The van der Waals surface area contributed by atoms with Crippen molar-refractivity contribution in [3.05, 3.63) is 23.8 Å². The first-order valence-electron chi connectivity index (χ1n) is 4.22. The standard InChI is InChI=1S/C6H10O3.C4H6O2/c1-5(6(8)9)3-2-4-7;1-3(2)4(5)6/h3,7H,2,4H2,1H3,(H,8,9);1H2,2H3,(H,5,6). The fourth-order valence-electron chi connectivity index (χ4n) is 0.368. The molecule has 86 valence electrons. The molecule has 0 fully saturated rings. The monoisotopic (exact) mass is 216 g/mol. The van der Waals surface area contributed by atoms with E-state index in [2.05, 4.69) is 6.58 Å². The van der Waals surface area contributed by atoms with Gasteiger partial charge in [0.25, 0.3) is 0 Å². The average molecular weight is 216 g/mol. The van der Waals surface area contributed by atoms with Crippen LogP contribution in [-0.4, -0.2) is 33.9 Å². The van der Waals surface area contributed by atoms with Crippen molar-refractivity contribution in [3.8, 4) is 0 Å². The van der Waals surface area contributed by atoms with Crippen LogP contribution in [0.25, 0.3) is 0 Å². The molecule has 0 amide bonds. The number of aliphatic hydroxyl groups is 1. The first-order valence-corrected chi connectivity index (χ1v) is 4.22. The number of hydrogen-bond donors (Lipinski definition) is 3. The topological polar surface area (TPSA) is 94.8 Å². The summed E-state index contributed by atoms with van der Waals surface area (Å²) < 4.78 is 0. The quantitative estimate of drug-likeness (QED) is 0.610. The molecule has 0 radical (unpaired) electrons. The number of rotatable bonds is 4. The van der Waals surface area contributed by atoms with Gasteiger partial charge in [0.1, 0.15) is 0 Å². The smallest absolute Gasteiger partial charge is 0.330 e. The third-order valence-electron chi connectivity index (χ3n) is 1.28.